The maximum Gasteiger partial charge on any atom is 0.417 e. The van der Waals surface area contributed by atoms with Crippen LogP contribution in [0.4, 0.5) is 5.69 Å². The Kier molecular flexibility index (Phi) is 3.02. The molecule has 0 radical (unpaired) electrons. The van der Waals surface area contributed by atoms with Gasteiger partial charge in [0.1, 0.15) is 0 Å². The molecule has 0 saturated carbocycles. The van der Waals surface area contributed by atoms with Gasteiger partial charge in [-0.3, -0.25) is 14.6 Å². The molecule has 4 aromatic rings. The number of nitrogens with one attached hydrogen (secondary N) is 3. The van der Waals surface area contributed by atoms with Crippen molar-refractivity contribution in [3.05, 3.63) is 69.1 Å². The molecule has 0 aliphatic carbocycles. The van der Waals surface area contributed by atoms with Crippen molar-refractivity contribution in [2.75, 3.05) is 5.32 Å². The molecule has 0 aliphatic heterocycles. The van der Waals surface area contributed by atoms with Crippen LogP contribution >= 0.6 is 0 Å². The predicted molar refractivity (Wildman–Crippen MR) is 87.2 cm³/mol. The maximum atomic E-state index is 12.5. The van der Waals surface area contributed by atoms with Gasteiger partial charge in [0.2, 0.25) is 0 Å². The first-order valence-electron chi connectivity index (χ1n) is 7.03. The smallest absolute Gasteiger partial charge is 0.408 e. The first-order chi connectivity index (χ1) is 11.6. The summed E-state index contributed by atoms with van der Waals surface area (Å²) in [6.07, 6.45) is 0. The number of rotatable bonds is 2. The van der Waals surface area contributed by atoms with Crippen molar-refractivity contribution < 1.29 is 9.21 Å². The van der Waals surface area contributed by atoms with Crippen molar-refractivity contribution in [3.8, 4) is 0 Å². The van der Waals surface area contributed by atoms with Gasteiger partial charge in [-0.05, 0) is 24.3 Å². The van der Waals surface area contributed by atoms with Gasteiger partial charge < -0.3 is 9.73 Å². The second-order valence-corrected chi connectivity index (χ2v) is 5.13. The van der Waals surface area contributed by atoms with E-state index in [1.165, 1.54) is 0 Å². The molecule has 118 valence electrons. The van der Waals surface area contributed by atoms with Gasteiger partial charge >= 0.3 is 5.76 Å². The number of fused-ring (bicyclic) bond motifs is 2. The third-order valence-electron chi connectivity index (χ3n) is 3.59. The summed E-state index contributed by atoms with van der Waals surface area (Å²) in [4.78, 5) is 37.9. The zero-order valence-electron chi connectivity index (χ0n) is 12.1. The quantitative estimate of drug-likeness (QED) is 0.518. The summed E-state index contributed by atoms with van der Waals surface area (Å²) in [6.45, 7) is 0. The van der Waals surface area contributed by atoms with E-state index in [0.717, 1.165) is 0 Å². The number of carbonyl (C=O) groups is 1. The van der Waals surface area contributed by atoms with Gasteiger partial charge in [0.25, 0.3) is 11.5 Å². The van der Waals surface area contributed by atoms with Gasteiger partial charge in [-0.15, -0.1) is 0 Å². The third-order valence-corrected chi connectivity index (χ3v) is 3.59. The Bertz CT molecular complexity index is 1200. The molecule has 2 heterocycles. The van der Waals surface area contributed by atoms with Crippen LogP contribution in [-0.4, -0.2) is 21.1 Å². The van der Waals surface area contributed by atoms with E-state index in [-0.39, 0.29) is 11.3 Å². The SMILES string of the molecule is O=C(Nc1ccc2oc(=O)[nH]c2c1)c1n[nH]c(=O)c2ccccc12. The molecule has 8 nitrogen and oxygen atoms in total. The average molecular weight is 322 g/mol. The van der Waals surface area contributed by atoms with Crippen LogP contribution in [0.2, 0.25) is 0 Å². The van der Waals surface area contributed by atoms with Gasteiger partial charge in [-0.25, -0.2) is 9.89 Å². The highest BCUT2D eigenvalue weighted by Crippen LogP contribution is 2.18. The Labute approximate surface area is 133 Å². The lowest BCUT2D eigenvalue weighted by molar-refractivity contribution is 0.102. The van der Waals surface area contributed by atoms with Crippen LogP contribution in [0.1, 0.15) is 10.5 Å². The van der Waals surface area contributed by atoms with Crippen LogP contribution in [0, 0.1) is 0 Å². The van der Waals surface area contributed by atoms with Crippen molar-refractivity contribution in [3.63, 3.8) is 0 Å². The van der Waals surface area contributed by atoms with Gasteiger partial charge in [-0.1, -0.05) is 18.2 Å². The number of benzene rings is 2. The van der Waals surface area contributed by atoms with Crippen LogP contribution < -0.4 is 16.6 Å². The lowest BCUT2D eigenvalue weighted by atomic mass is 10.1. The third kappa shape index (κ3) is 2.26. The second kappa shape index (κ2) is 5.20. The topological polar surface area (TPSA) is 121 Å². The molecule has 0 fully saturated rings. The summed E-state index contributed by atoms with van der Waals surface area (Å²) >= 11 is 0. The van der Waals surface area contributed by atoms with E-state index >= 15 is 0 Å². The molecule has 0 atom stereocenters. The second-order valence-electron chi connectivity index (χ2n) is 5.13. The Hall–Kier alpha value is -3.68. The fourth-order valence-electron chi connectivity index (χ4n) is 2.51. The summed E-state index contributed by atoms with van der Waals surface area (Å²) in [5.74, 6) is -1.05. The molecule has 24 heavy (non-hydrogen) atoms. The Morgan fingerprint density at radius 1 is 1.08 bits per heavy atom. The minimum atomic E-state index is -0.568. The monoisotopic (exact) mass is 322 g/mol. The molecule has 0 bridgehead atoms. The highest BCUT2D eigenvalue weighted by atomic mass is 16.4. The van der Waals surface area contributed by atoms with Gasteiger partial charge in [0.15, 0.2) is 11.3 Å². The Balaban J connectivity index is 1.74. The minimum Gasteiger partial charge on any atom is -0.408 e. The Morgan fingerprint density at radius 2 is 1.88 bits per heavy atom. The summed E-state index contributed by atoms with van der Waals surface area (Å²) in [5, 5.41) is 9.68. The van der Waals surface area contributed by atoms with Crippen LogP contribution in [0.25, 0.3) is 21.9 Å². The molecule has 2 aromatic carbocycles. The van der Waals surface area contributed by atoms with Gasteiger partial charge in [0, 0.05) is 11.1 Å². The van der Waals surface area contributed by atoms with Crippen molar-refractivity contribution in [2.24, 2.45) is 0 Å². The van der Waals surface area contributed by atoms with E-state index in [0.29, 0.717) is 27.6 Å². The number of aromatic amines is 2. The number of nitrogens with zero attached hydrogens (tertiary/aromatic N) is 1. The molecule has 0 spiro atoms. The fourth-order valence-corrected chi connectivity index (χ4v) is 2.51. The highest BCUT2D eigenvalue weighted by molar-refractivity contribution is 6.11. The molecule has 0 saturated heterocycles. The summed E-state index contributed by atoms with van der Waals surface area (Å²) in [6, 6.07) is 11.5. The summed E-state index contributed by atoms with van der Waals surface area (Å²) in [5.41, 5.74) is 1.06. The normalized spacial score (nSPS) is 11.0. The van der Waals surface area contributed by atoms with E-state index < -0.39 is 11.7 Å². The lowest BCUT2D eigenvalue weighted by Crippen LogP contribution is -2.19. The van der Waals surface area contributed by atoms with Crippen LogP contribution in [0.3, 0.4) is 0 Å². The van der Waals surface area contributed by atoms with Gasteiger partial charge in [-0.2, -0.15) is 5.10 Å². The van der Waals surface area contributed by atoms with Crippen LogP contribution in [-0.2, 0) is 0 Å². The number of anilines is 1. The molecule has 1 amide bonds. The number of amides is 1. The number of hydrogen-bond acceptors (Lipinski definition) is 5. The summed E-state index contributed by atoms with van der Waals surface area (Å²) in [7, 11) is 0. The molecule has 0 aliphatic rings. The van der Waals surface area contributed by atoms with Crippen molar-refractivity contribution in [1.82, 2.24) is 15.2 Å². The van der Waals surface area contributed by atoms with Crippen molar-refractivity contribution in [1.29, 1.82) is 0 Å². The van der Waals surface area contributed by atoms with Crippen molar-refractivity contribution >= 4 is 33.5 Å². The van der Waals surface area contributed by atoms with E-state index in [1.807, 2.05) is 0 Å². The standard InChI is InChI=1S/C16H10N4O4/c21-14-10-4-2-1-3-9(10)13(19-20-14)15(22)17-8-5-6-12-11(7-8)18-16(23)24-12/h1-7H,(H,17,22)(H,18,23)(H,20,21). The lowest BCUT2D eigenvalue weighted by Gasteiger charge is -2.06. The Morgan fingerprint density at radius 3 is 2.71 bits per heavy atom. The average Bonchev–Trinajstić information content (AvgIpc) is 2.94. The zero-order valence-corrected chi connectivity index (χ0v) is 12.1. The molecular formula is C16H10N4O4. The van der Waals surface area contributed by atoms with Crippen LogP contribution in [0.5, 0.6) is 0 Å². The minimum absolute atomic E-state index is 0.103. The molecular weight excluding hydrogens is 312 g/mol. The maximum absolute atomic E-state index is 12.5. The fraction of sp³-hybridized carbons (Fsp3) is 0. The highest BCUT2D eigenvalue weighted by Gasteiger charge is 2.14. The molecule has 0 unspecified atom stereocenters. The summed E-state index contributed by atoms with van der Waals surface area (Å²) < 4.78 is 4.91. The predicted octanol–water partition coefficient (Wildman–Crippen LogP) is 1.61. The first kappa shape index (κ1) is 13.9. The first-order valence-corrected chi connectivity index (χ1v) is 7.03. The number of aromatic nitrogens is 3. The molecule has 4 rings (SSSR count). The zero-order chi connectivity index (χ0) is 16.7. The van der Waals surface area contributed by atoms with E-state index in [9.17, 15) is 14.4 Å². The largest absolute Gasteiger partial charge is 0.417 e. The molecule has 8 heteroatoms. The number of carbonyl (C=O) groups excluding carboxylic acids is 1. The number of oxazole rings is 1. The molecule has 3 N–H and O–H groups in total. The van der Waals surface area contributed by atoms with E-state index in [1.54, 1.807) is 42.5 Å². The van der Waals surface area contributed by atoms with E-state index in [2.05, 4.69) is 20.5 Å². The van der Waals surface area contributed by atoms with Crippen molar-refractivity contribution in [2.45, 2.75) is 0 Å². The van der Waals surface area contributed by atoms with Gasteiger partial charge in [0.05, 0.1) is 10.9 Å². The number of H-pyrrole nitrogens is 2. The number of hydrogen-bond donors (Lipinski definition) is 3. The van der Waals surface area contributed by atoms with E-state index in [4.69, 9.17) is 4.42 Å². The molecule has 2 aromatic heterocycles. The van der Waals surface area contributed by atoms with Crippen LogP contribution in [0.15, 0.2) is 56.5 Å².